The average Bonchev–Trinajstić information content (AvgIpc) is 2.66. The van der Waals surface area contributed by atoms with Gasteiger partial charge in [-0.15, -0.1) is 0 Å². The summed E-state index contributed by atoms with van der Waals surface area (Å²) >= 11 is 3.09. The van der Waals surface area contributed by atoms with Crippen molar-refractivity contribution in [1.82, 2.24) is 5.32 Å². The number of nitrogens with zero attached hydrogens (tertiary/aromatic N) is 1. The molecule has 3 N–H and O–H groups in total. The summed E-state index contributed by atoms with van der Waals surface area (Å²) in [5.74, 6) is 1.14. The quantitative estimate of drug-likeness (QED) is 0.747. The summed E-state index contributed by atoms with van der Waals surface area (Å²) in [4.78, 5) is 16.7. The van der Waals surface area contributed by atoms with Gasteiger partial charge in [0.15, 0.2) is 0 Å². The predicted octanol–water partition coefficient (Wildman–Crippen LogP) is 2.66. The fraction of sp³-hybridized carbons (Fsp3) is 0.222. The Morgan fingerprint density at radius 3 is 2.67 bits per heavy atom. The van der Waals surface area contributed by atoms with Crippen LogP contribution in [0.15, 0.2) is 58.4 Å². The molecule has 0 bridgehead atoms. The second-order valence-corrected chi connectivity index (χ2v) is 9.62. The third-order valence-corrected chi connectivity index (χ3v) is 7.04. The molecule has 0 saturated carbocycles. The number of nitrogens with two attached hydrogens (primary N) is 1. The van der Waals surface area contributed by atoms with Gasteiger partial charge in [-0.3, -0.25) is 4.79 Å². The lowest BCUT2D eigenvalue weighted by molar-refractivity contribution is -0.118. The lowest BCUT2D eigenvalue weighted by Gasteiger charge is -2.14. The molecule has 142 valence electrons. The summed E-state index contributed by atoms with van der Waals surface area (Å²) in [6.07, 6.45) is 0.615. The molecule has 6 nitrogen and oxygen atoms in total. The van der Waals surface area contributed by atoms with Crippen LogP contribution in [0.1, 0.15) is 11.1 Å². The number of benzene rings is 2. The monoisotopic (exact) mass is 421 g/mol. The maximum Gasteiger partial charge on any atom is 0.238 e. The van der Waals surface area contributed by atoms with Crippen molar-refractivity contribution in [3.8, 4) is 0 Å². The van der Waals surface area contributed by atoms with E-state index < -0.39 is 10.0 Å². The Morgan fingerprint density at radius 1 is 1.19 bits per heavy atom. The van der Waals surface area contributed by atoms with E-state index >= 15 is 0 Å². The van der Waals surface area contributed by atoms with Crippen LogP contribution in [0.25, 0.3) is 0 Å². The smallest absolute Gasteiger partial charge is 0.238 e. The predicted molar refractivity (Wildman–Crippen MR) is 112 cm³/mol. The first kappa shape index (κ1) is 19.9. The number of fused-ring (bicyclic) bond motifs is 1. The molecular formula is C18H19N3O3S3. The highest BCUT2D eigenvalue weighted by atomic mass is 32.2. The number of sulfonamides is 1. The van der Waals surface area contributed by atoms with E-state index in [1.165, 1.54) is 29.5 Å². The van der Waals surface area contributed by atoms with E-state index in [1.807, 2.05) is 18.2 Å². The molecule has 1 aliphatic rings. The fourth-order valence-corrected chi connectivity index (χ4v) is 4.86. The van der Waals surface area contributed by atoms with Crippen molar-refractivity contribution in [2.24, 2.45) is 10.1 Å². The Bertz CT molecular complexity index is 957. The molecule has 27 heavy (non-hydrogen) atoms. The van der Waals surface area contributed by atoms with Crippen molar-refractivity contribution >= 4 is 49.5 Å². The molecule has 0 saturated heterocycles. The third-order valence-electron chi connectivity index (χ3n) is 3.87. The molecule has 0 fully saturated rings. The Kier molecular flexibility index (Phi) is 6.59. The summed E-state index contributed by atoms with van der Waals surface area (Å²) in [5, 5.41) is 7.94. The zero-order valence-electron chi connectivity index (χ0n) is 14.4. The molecule has 0 atom stereocenters. The van der Waals surface area contributed by atoms with E-state index in [4.69, 9.17) is 5.14 Å². The second kappa shape index (κ2) is 8.92. The Balaban J connectivity index is 1.42. The molecule has 2 aromatic carbocycles. The molecule has 3 rings (SSSR count). The highest BCUT2D eigenvalue weighted by Crippen LogP contribution is 2.34. The largest absolute Gasteiger partial charge is 0.355 e. The standard InChI is InChI=1S/C18H19N3O3S3/c19-27(23,24)15-7-5-13(6-8-15)9-10-20-17(22)12-26-18-21-16-4-2-1-3-14(16)11-25-18/h1-8H,9-12H2,(H,20,22)(H2,19,23,24). The molecule has 2 aromatic rings. The van der Waals surface area contributed by atoms with Crippen LogP contribution in [-0.4, -0.2) is 31.0 Å². The number of aliphatic imine (C=N–C) groups is 1. The topological polar surface area (TPSA) is 102 Å². The highest BCUT2D eigenvalue weighted by Gasteiger charge is 2.14. The molecule has 9 heteroatoms. The van der Waals surface area contributed by atoms with Crippen LogP contribution < -0.4 is 10.5 Å². The number of amides is 1. The summed E-state index contributed by atoms with van der Waals surface area (Å²) in [7, 11) is -3.68. The molecule has 1 amide bonds. The Morgan fingerprint density at radius 2 is 1.93 bits per heavy atom. The van der Waals surface area contributed by atoms with Crippen molar-refractivity contribution in [2.45, 2.75) is 17.1 Å². The first-order valence-electron chi connectivity index (χ1n) is 8.22. The molecule has 1 heterocycles. The number of nitrogens with one attached hydrogen (secondary N) is 1. The van der Waals surface area contributed by atoms with Gasteiger partial charge in [-0.1, -0.05) is 53.9 Å². The van der Waals surface area contributed by atoms with Crippen LogP contribution in [0.3, 0.4) is 0 Å². The molecule has 0 unspecified atom stereocenters. The van der Waals surface area contributed by atoms with Crippen molar-refractivity contribution in [3.63, 3.8) is 0 Å². The highest BCUT2D eigenvalue weighted by molar-refractivity contribution is 8.38. The second-order valence-electron chi connectivity index (χ2n) is 5.87. The van der Waals surface area contributed by atoms with E-state index in [2.05, 4.69) is 16.4 Å². The molecule has 1 aliphatic heterocycles. The maximum absolute atomic E-state index is 12.0. The van der Waals surface area contributed by atoms with E-state index in [0.717, 1.165) is 21.4 Å². The summed E-state index contributed by atoms with van der Waals surface area (Å²) < 4.78 is 23.4. The lowest BCUT2D eigenvalue weighted by atomic mass is 10.1. The fourth-order valence-electron chi connectivity index (χ4n) is 2.46. The average molecular weight is 422 g/mol. The molecule has 0 aromatic heterocycles. The number of hydrogen-bond acceptors (Lipinski definition) is 6. The summed E-state index contributed by atoms with van der Waals surface area (Å²) in [6.45, 7) is 0.483. The first-order chi connectivity index (χ1) is 12.9. The molecular weight excluding hydrogens is 402 g/mol. The van der Waals surface area contributed by atoms with E-state index in [1.54, 1.807) is 23.9 Å². The van der Waals surface area contributed by atoms with Crippen LogP contribution >= 0.6 is 23.5 Å². The van der Waals surface area contributed by atoms with Gasteiger partial charge in [-0.2, -0.15) is 0 Å². The van der Waals surface area contributed by atoms with Gasteiger partial charge in [-0.05, 0) is 35.7 Å². The van der Waals surface area contributed by atoms with Crippen molar-refractivity contribution in [2.75, 3.05) is 12.3 Å². The van der Waals surface area contributed by atoms with Crippen LogP contribution in [0.4, 0.5) is 5.69 Å². The SMILES string of the molecule is NS(=O)(=O)c1ccc(CCNC(=O)CSC2=Nc3ccccc3CS2)cc1. The molecule has 0 aliphatic carbocycles. The van der Waals surface area contributed by atoms with Gasteiger partial charge in [0, 0.05) is 12.3 Å². The summed E-state index contributed by atoms with van der Waals surface area (Å²) in [6, 6.07) is 14.4. The number of carbonyl (C=O) groups excluding carboxylic acids is 1. The van der Waals surface area contributed by atoms with Crippen LogP contribution in [0, 0.1) is 0 Å². The Hall–Kier alpha value is -1.81. The normalized spacial score (nSPS) is 13.6. The van der Waals surface area contributed by atoms with Crippen molar-refractivity contribution in [1.29, 1.82) is 0 Å². The Labute approximate surface area is 167 Å². The van der Waals surface area contributed by atoms with Crippen LogP contribution in [0.2, 0.25) is 0 Å². The van der Waals surface area contributed by atoms with Crippen LogP contribution in [0.5, 0.6) is 0 Å². The minimum atomic E-state index is -3.68. The third kappa shape index (κ3) is 5.83. The van der Waals surface area contributed by atoms with Crippen LogP contribution in [-0.2, 0) is 27.0 Å². The van der Waals surface area contributed by atoms with Gasteiger partial charge < -0.3 is 5.32 Å². The number of primary sulfonamides is 1. The minimum Gasteiger partial charge on any atom is -0.355 e. The first-order valence-corrected chi connectivity index (χ1v) is 11.7. The van der Waals surface area contributed by atoms with Gasteiger partial charge in [0.1, 0.15) is 4.38 Å². The van der Waals surface area contributed by atoms with Gasteiger partial charge in [0.2, 0.25) is 15.9 Å². The number of para-hydroxylation sites is 1. The minimum absolute atomic E-state index is 0.0525. The van der Waals surface area contributed by atoms with Gasteiger partial charge in [-0.25, -0.2) is 18.5 Å². The van der Waals surface area contributed by atoms with E-state index in [9.17, 15) is 13.2 Å². The zero-order valence-corrected chi connectivity index (χ0v) is 16.9. The number of hydrogen-bond donors (Lipinski definition) is 2. The van der Waals surface area contributed by atoms with Crippen molar-refractivity contribution in [3.05, 3.63) is 59.7 Å². The van der Waals surface area contributed by atoms with E-state index in [-0.39, 0.29) is 10.8 Å². The molecule has 0 radical (unpaired) electrons. The number of thioether (sulfide) groups is 2. The maximum atomic E-state index is 12.0. The van der Waals surface area contributed by atoms with Gasteiger partial charge in [0.05, 0.1) is 16.3 Å². The van der Waals surface area contributed by atoms with E-state index in [0.29, 0.717) is 18.7 Å². The number of rotatable bonds is 6. The lowest BCUT2D eigenvalue weighted by Crippen LogP contribution is -2.27. The van der Waals surface area contributed by atoms with Gasteiger partial charge >= 0.3 is 0 Å². The number of carbonyl (C=O) groups is 1. The zero-order chi connectivity index (χ0) is 19.3. The van der Waals surface area contributed by atoms with Gasteiger partial charge in [0.25, 0.3) is 0 Å². The van der Waals surface area contributed by atoms with Crippen molar-refractivity contribution < 1.29 is 13.2 Å². The molecule has 0 spiro atoms. The summed E-state index contributed by atoms with van der Waals surface area (Å²) in [5.41, 5.74) is 3.12.